The van der Waals surface area contributed by atoms with E-state index in [1.165, 1.54) is 0 Å². The van der Waals surface area contributed by atoms with Crippen molar-refractivity contribution in [2.75, 3.05) is 13.1 Å². The van der Waals surface area contributed by atoms with Crippen LogP contribution in [0.1, 0.15) is 44.3 Å². The molecule has 0 aliphatic carbocycles. The smallest absolute Gasteiger partial charge is 0.254 e. The monoisotopic (exact) mass is 437 g/mol. The van der Waals surface area contributed by atoms with Gasteiger partial charge in [-0.15, -0.1) is 0 Å². The highest BCUT2D eigenvalue weighted by molar-refractivity contribution is 6.35. The topological polar surface area (TPSA) is 90.1 Å². The Morgan fingerprint density at radius 1 is 1.35 bits per heavy atom. The van der Waals surface area contributed by atoms with Crippen LogP contribution in [0.4, 0.5) is 0 Å². The molecule has 0 fully saturated rings. The van der Waals surface area contributed by atoms with Gasteiger partial charge in [-0.05, 0) is 49.1 Å². The summed E-state index contributed by atoms with van der Waals surface area (Å²) in [6.45, 7) is 5.52. The van der Waals surface area contributed by atoms with E-state index in [-0.39, 0.29) is 17.9 Å². The molecule has 2 aromatic carbocycles. The molecule has 0 saturated carbocycles. The fourth-order valence-corrected chi connectivity index (χ4v) is 4.64. The zero-order valence-corrected chi connectivity index (χ0v) is 18.6. The number of aryl methyl sites for hydroxylation is 1. The van der Waals surface area contributed by atoms with Crippen LogP contribution in [0.15, 0.2) is 30.5 Å². The summed E-state index contributed by atoms with van der Waals surface area (Å²) in [4.78, 5) is 27.7. The molecule has 4 rings (SSSR count). The fraction of sp³-hybridized carbons (Fsp3) is 0.318. The highest BCUT2D eigenvalue weighted by atomic mass is 35.5. The first kappa shape index (κ1) is 21.4. The van der Waals surface area contributed by atoms with Gasteiger partial charge in [-0.25, -0.2) is 0 Å². The summed E-state index contributed by atoms with van der Waals surface area (Å²) in [5, 5.41) is 14.4. The lowest BCUT2D eigenvalue weighted by Gasteiger charge is -2.31. The Morgan fingerprint density at radius 2 is 2.16 bits per heavy atom. The third kappa shape index (κ3) is 4.18. The van der Waals surface area contributed by atoms with Gasteiger partial charge in [-0.3, -0.25) is 14.7 Å². The lowest BCUT2D eigenvalue weighted by molar-refractivity contribution is 0.0734. The number of fused-ring (bicyclic) bond motifs is 2. The predicted octanol–water partition coefficient (Wildman–Crippen LogP) is 1.98. The first-order valence-corrected chi connectivity index (χ1v) is 10.8. The van der Waals surface area contributed by atoms with E-state index in [9.17, 15) is 9.59 Å². The van der Waals surface area contributed by atoms with Crippen molar-refractivity contribution in [2.24, 2.45) is 0 Å². The minimum atomic E-state index is -0.167. The Bertz CT molecular complexity index is 1160. The number of aromatic nitrogens is 2. The summed E-state index contributed by atoms with van der Waals surface area (Å²) in [7, 11) is 1.85. The number of H-pyrrole nitrogens is 1. The first-order chi connectivity index (χ1) is 14.9. The van der Waals surface area contributed by atoms with Gasteiger partial charge in [0.1, 0.15) is 0 Å². The molecule has 2 heterocycles. The summed E-state index contributed by atoms with van der Waals surface area (Å²) in [6.07, 6.45) is 2.34. The Morgan fingerprint density at radius 3 is 2.94 bits per heavy atom. The molecule has 160 valence electrons. The quantitative estimate of drug-likeness (QED) is 0.532. The molecule has 3 N–H and O–H groups in total. The third-order valence-electron chi connectivity index (χ3n) is 5.74. The second-order valence-electron chi connectivity index (χ2n) is 8.10. The molecular formula is C22H25BClN5O2. The maximum atomic E-state index is 13.1. The van der Waals surface area contributed by atoms with Gasteiger partial charge in [-0.1, -0.05) is 23.7 Å². The van der Waals surface area contributed by atoms with Crippen LogP contribution in [-0.4, -0.2) is 54.0 Å². The van der Waals surface area contributed by atoms with Gasteiger partial charge in [0.05, 0.1) is 22.3 Å². The van der Waals surface area contributed by atoms with Crippen LogP contribution >= 0.6 is 11.6 Å². The largest absolute Gasteiger partial charge is 0.360 e. The van der Waals surface area contributed by atoms with Crippen molar-refractivity contribution in [1.29, 1.82) is 0 Å². The standard InChI is InChI=1S/C22H25BClN5O2/c1-12-7-16-11-29(22(31)14-3-4-15-10-26-28-18(15)8-14)6-5-17(16)20(24)19(12)21(30)27-13(2)9-25-23/h3-4,7-8,10,13,25H,5-6,9,11,23H2,1-2H3,(H,26,28)(H,27,30)/t13-/m1/s1. The number of carbonyl (C=O) groups is 2. The number of nitrogens with one attached hydrogen (secondary N) is 3. The van der Waals surface area contributed by atoms with E-state index in [1.54, 1.807) is 6.20 Å². The molecule has 7 nitrogen and oxygen atoms in total. The molecule has 31 heavy (non-hydrogen) atoms. The highest BCUT2D eigenvalue weighted by Crippen LogP contribution is 2.32. The normalized spacial score (nSPS) is 14.4. The summed E-state index contributed by atoms with van der Waals surface area (Å²) in [6, 6.07) is 7.53. The van der Waals surface area contributed by atoms with Crippen molar-refractivity contribution in [1.82, 2.24) is 25.6 Å². The average molecular weight is 438 g/mol. The van der Waals surface area contributed by atoms with Crippen LogP contribution in [0, 0.1) is 6.92 Å². The van der Waals surface area contributed by atoms with Crippen molar-refractivity contribution in [3.05, 3.63) is 63.3 Å². The highest BCUT2D eigenvalue weighted by Gasteiger charge is 2.27. The molecular weight excluding hydrogens is 413 g/mol. The van der Waals surface area contributed by atoms with Crippen LogP contribution in [0.2, 0.25) is 5.02 Å². The first-order valence-electron chi connectivity index (χ1n) is 10.4. The van der Waals surface area contributed by atoms with Crippen molar-refractivity contribution in [2.45, 2.75) is 32.9 Å². The van der Waals surface area contributed by atoms with Crippen molar-refractivity contribution in [3.63, 3.8) is 0 Å². The fourth-order valence-electron chi connectivity index (χ4n) is 4.19. The number of nitrogens with zero attached hydrogens (tertiary/aromatic N) is 2. The van der Waals surface area contributed by atoms with Crippen LogP contribution in [0.3, 0.4) is 0 Å². The number of carbonyl (C=O) groups excluding carboxylic acids is 2. The number of halogens is 1. The third-order valence-corrected chi connectivity index (χ3v) is 6.16. The summed E-state index contributed by atoms with van der Waals surface area (Å²) in [5.74, 6) is -0.196. The minimum absolute atomic E-state index is 0.00989. The van der Waals surface area contributed by atoms with Gasteiger partial charge in [0, 0.05) is 36.6 Å². The van der Waals surface area contributed by atoms with Crippen molar-refractivity contribution >= 4 is 42.3 Å². The number of aromatic amines is 1. The van der Waals surface area contributed by atoms with Crippen LogP contribution in [-0.2, 0) is 13.0 Å². The van der Waals surface area contributed by atoms with Crippen LogP contribution < -0.4 is 10.5 Å². The molecule has 1 aliphatic rings. The predicted molar refractivity (Wildman–Crippen MR) is 124 cm³/mol. The van der Waals surface area contributed by atoms with Gasteiger partial charge in [0.2, 0.25) is 0 Å². The molecule has 1 aromatic heterocycles. The average Bonchev–Trinajstić information content (AvgIpc) is 3.20. The maximum absolute atomic E-state index is 13.1. The second kappa shape index (κ2) is 8.73. The van der Waals surface area contributed by atoms with E-state index < -0.39 is 0 Å². The van der Waals surface area contributed by atoms with E-state index in [0.717, 1.165) is 27.6 Å². The Kier molecular flexibility index (Phi) is 6.02. The molecule has 1 aliphatic heterocycles. The number of benzene rings is 2. The van der Waals surface area contributed by atoms with Gasteiger partial charge in [0.25, 0.3) is 11.8 Å². The maximum Gasteiger partial charge on any atom is 0.254 e. The van der Waals surface area contributed by atoms with Gasteiger partial charge < -0.3 is 15.4 Å². The van der Waals surface area contributed by atoms with E-state index in [2.05, 4.69) is 20.7 Å². The molecule has 3 aromatic rings. The lowest BCUT2D eigenvalue weighted by atomic mass is 9.93. The number of rotatable bonds is 5. The Balaban J connectivity index is 1.56. The Hall–Kier alpha value is -2.84. The second-order valence-corrected chi connectivity index (χ2v) is 8.48. The number of hydrogen-bond donors (Lipinski definition) is 3. The van der Waals surface area contributed by atoms with Gasteiger partial charge >= 0.3 is 0 Å². The summed E-state index contributed by atoms with van der Waals surface area (Å²) in [5.41, 5.74) is 4.73. The molecule has 0 radical (unpaired) electrons. The van der Waals surface area contributed by atoms with E-state index in [1.807, 2.05) is 51.0 Å². The molecule has 0 unspecified atom stereocenters. The Labute approximate surface area is 187 Å². The molecule has 2 amide bonds. The molecule has 0 bridgehead atoms. The lowest BCUT2D eigenvalue weighted by Crippen LogP contribution is -2.40. The van der Waals surface area contributed by atoms with Crippen LogP contribution in [0.25, 0.3) is 10.9 Å². The van der Waals surface area contributed by atoms with Crippen LogP contribution in [0.5, 0.6) is 0 Å². The molecule has 0 saturated heterocycles. The summed E-state index contributed by atoms with van der Waals surface area (Å²) < 4.78 is 0. The zero-order chi connectivity index (χ0) is 22.1. The van der Waals surface area contributed by atoms with E-state index in [0.29, 0.717) is 42.2 Å². The summed E-state index contributed by atoms with van der Waals surface area (Å²) >= 11 is 6.69. The molecule has 1 atom stereocenters. The zero-order valence-electron chi connectivity index (χ0n) is 17.9. The van der Waals surface area contributed by atoms with Crippen molar-refractivity contribution in [3.8, 4) is 0 Å². The minimum Gasteiger partial charge on any atom is -0.360 e. The van der Waals surface area contributed by atoms with E-state index >= 15 is 0 Å². The number of amides is 2. The molecule has 0 spiro atoms. The molecule has 9 heteroatoms. The van der Waals surface area contributed by atoms with Crippen molar-refractivity contribution < 1.29 is 9.59 Å². The van der Waals surface area contributed by atoms with Gasteiger partial charge in [0.15, 0.2) is 7.98 Å². The van der Waals surface area contributed by atoms with E-state index in [4.69, 9.17) is 11.6 Å². The number of hydrogen-bond acceptors (Lipinski definition) is 4. The SMILES string of the molecule is BNC[C@@H](C)NC(=O)c1c(C)cc2c(c1Cl)CCN(C(=O)c1ccc3cn[nH]c3c1)C2. The van der Waals surface area contributed by atoms with Gasteiger partial charge in [-0.2, -0.15) is 5.10 Å².